The van der Waals surface area contributed by atoms with Crippen molar-refractivity contribution in [3.8, 4) is 0 Å². The van der Waals surface area contributed by atoms with Crippen LogP contribution in [0.4, 0.5) is 0 Å². The maximum Gasteiger partial charge on any atom is 0.267 e. The fourth-order valence-electron chi connectivity index (χ4n) is 0.540. The minimum atomic E-state index is -3.74. The van der Waals surface area contributed by atoms with Crippen molar-refractivity contribution < 1.29 is 27.7 Å². The molecule has 0 saturated carbocycles. The van der Waals surface area contributed by atoms with E-state index < -0.39 is 33.3 Å². The zero-order valence-corrected chi connectivity index (χ0v) is 9.11. The quantitative estimate of drug-likeness (QED) is 0.385. The molecule has 1 unspecified atom stereocenters. The van der Waals surface area contributed by atoms with Crippen molar-refractivity contribution >= 4 is 21.9 Å². The van der Waals surface area contributed by atoms with Crippen LogP contribution in [0.2, 0.25) is 0 Å². The van der Waals surface area contributed by atoms with Crippen molar-refractivity contribution in [3.05, 3.63) is 0 Å². The lowest BCUT2D eigenvalue weighted by Gasteiger charge is -1.94. The molecule has 0 aromatic heterocycles. The first-order valence-electron chi connectivity index (χ1n) is 4.12. The van der Waals surface area contributed by atoms with Gasteiger partial charge in [0.15, 0.2) is 0 Å². The molecular formula is C7H13NO6S. The molecule has 0 aliphatic carbocycles. The highest BCUT2D eigenvalue weighted by atomic mass is 32.2. The van der Waals surface area contributed by atoms with Crippen molar-refractivity contribution in [2.24, 2.45) is 0 Å². The lowest BCUT2D eigenvalue weighted by molar-refractivity contribution is -0.127. The van der Waals surface area contributed by atoms with Crippen molar-refractivity contribution in [1.29, 1.82) is 0 Å². The highest BCUT2D eigenvalue weighted by molar-refractivity contribution is 7.86. The minimum Gasteiger partial charge on any atom is -0.383 e. The van der Waals surface area contributed by atoms with Gasteiger partial charge in [-0.25, -0.2) is 0 Å². The van der Waals surface area contributed by atoms with E-state index in [1.165, 1.54) is 13.8 Å². The number of aliphatic hydroxyl groups is 1. The normalized spacial score (nSPS) is 21.0. The number of rotatable bonds is 1. The fourth-order valence-corrected chi connectivity index (χ4v) is 0.540. The van der Waals surface area contributed by atoms with Crippen LogP contribution in [-0.4, -0.2) is 41.2 Å². The molecule has 1 aliphatic heterocycles. The lowest BCUT2D eigenvalue weighted by atomic mass is 10.3. The Morgan fingerprint density at radius 1 is 1.40 bits per heavy atom. The van der Waals surface area contributed by atoms with Gasteiger partial charge in [-0.15, -0.1) is 0 Å². The largest absolute Gasteiger partial charge is 0.383 e. The predicted molar refractivity (Wildman–Crippen MR) is 50.5 cm³/mol. The Bertz CT molecular complexity index is 346. The summed E-state index contributed by atoms with van der Waals surface area (Å²) in [5.41, 5.74) is 0. The lowest BCUT2D eigenvalue weighted by Crippen LogP contribution is -2.24. The van der Waals surface area contributed by atoms with Crippen LogP contribution in [0.3, 0.4) is 0 Å². The molecule has 15 heavy (non-hydrogen) atoms. The molecule has 1 atom stereocenters. The van der Waals surface area contributed by atoms with E-state index in [9.17, 15) is 18.0 Å². The van der Waals surface area contributed by atoms with E-state index in [2.05, 4.69) is 0 Å². The third-order valence-electron chi connectivity index (χ3n) is 1.54. The summed E-state index contributed by atoms with van der Waals surface area (Å²) in [6, 6.07) is 0. The van der Waals surface area contributed by atoms with Crippen LogP contribution >= 0.6 is 0 Å². The van der Waals surface area contributed by atoms with Crippen molar-refractivity contribution in [1.82, 2.24) is 5.32 Å². The van der Waals surface area contributed by atoms with E-state index in [4.69, 9.17) is 9.66 Å². The second kappa shape index (κ2) is 5.19. The average molecular weight is 239 g/mol. The Labute approximate surface area is 87.2 Å². The minimum absolute atomic E-state index is 0.0845. The molecule has 2 amide bonds. The highest BCUT2D eigenvalue weighted by Gasteiger charge is 2.27. The molecule has 0 radical (unpaired) electrons. The molecule has 0 spiro atoms. The summed E-state index contributed by atoms with van der Waals surface area (Å²) in [5, 5.41) is 9.80. The first kappa shape index (κ1) is 14.0. The smallest absolute Gasteiger partial charge is 0.267 e. The average Bonchev–Trinajstić information content (AvgIpc) is 2.28. The van der Waals surface area contributed by atoms with Gasteiger partial charge in [-0.2, -0.15) is 8.42 Å². The molecule has 88 valence electrons. The number of carbonyl (C=O) groups is 2. The number of nitrogens with one attached hydrogen (secondary N) is 1. The molecule has 1 fully saturated rings. The van der Waals surface area contributed by atoms with Crippen molar-refractivity contribution in [2.75, 3.05) is 0 Å². The maximum absolute atomic E-state index is 10.2. The molecule has 3 N–H and O–H groups in total. The van der Waals surface area contributed by atoms with Gasteiger partial charge in [-0.3, -0.25) is 19.5 Å². The molecule has 1 saturated heterocycles. The van der Waals surface area contributed by atoms with Gasteiger partial charge in [0.25, 0.3) is 16.0 Å². The molecule has 8 heteroatoms. The maximum atomic E-state index is 10.2. The highest BCUT2D eigenvalue weighted by Crippen LogP contribution is 1.98. The van der Waals surface area contributed by atoms with Gasteiger partial charge in [0.2, 0.25) is 5.91 Å². The van der Waals surface area contributed by atoms with Crippen LogP contribution in [-0.2, 0) is 19.7 Å². The Balaban J connectivity index is 0.000000265. The van der Waals surface area contributed by atoms with Crippen LogP contribution in [0, 0.1) is 0 Å². The monoisotopic (exact) mass is 239 g/mol. The summed E-state index contributed by atoms with van der Waals surface area (Å²) < 4.78 is 27.8. The fraction of sp³-hybridized carbons (Fsp3) is 0.714. The molecule has 1 aliphatic rings. The standard InChI is InChI=1S/C4H5NO3.C3H8O3S/c6-2-1-3(7)5-4(2)8;1-3(2)7(4,5)6/h2,6H,1H2,(H,5,7,8);3H,1-2H3,(H,4,5,6). The summed E-state index contributed by atoms with van der Waals surface area (Å²) in [6.07, 6.45) is -1.19. The molecule has 0 aromatic carbocycles. The van der Waals surface area contributed by atoms with Gasteiger partial charge in [-0.1, -0.05) is 0 Å². The van der Waals surface area contributed by atoms with Gasteiger partial charge in [0.05, 0.1) is 11.7 Å². The molecule has 1 heterocycles. The molecule has 7 nitrogen and oxygen atoms in total. The predicted octanol–water partition coefficient (Wildman–Crippen LogP) is -1.32. The number of hydrogen-bond acceptors (Lipinski definition) is 5. The van der Waals surface area contributed by atoms with E-state index in [1.807, 2.05) is 5.32 Å². The first-order chi connectivity index (χ1) is 6.64. The van der Waals surface area contributed by atoms with Crippen LogP contribution in [0.25, 0.3) is 0 Å². The summed E-state index contributed by atoms with van der Waals surface area (Å²) in [4.78, 5) is 20.4. The van der Waals surface area contributed by atoms with E-state index in [0.717, 1.165) is 0 Å². The van der Waals surface area contributed by atoms with Crippen molar-refractivity contribution in [3.63, 3.8) is 0 Å². The second-order valence-electron chi connectivity index (χ2n) is 3.20. The molecule has 0 bridgehead atoms. The number of amides is 2. The van der Waals surface area contributed by atoms with Gasteiger partial charge >= 0.3 is 0 Å². The Kier molecular flexibility index (Phi) is 4.85. The molecule has 0 aromatic rings. The second-order valence-corrected chi connectivity index (χ2v) is 5.17. The van der Waals surface area contributed by atoms with Crippen LogP contribution < -0.4 is 5.32 Å². The first-order valence-corrected chi connectivity index (χ1v) is 5.63. The van der Waals surface area contributed by atoms with Crippen LogP contribution in [0.5, 0.6) is 0 Å². The van der Waals surface area contributed by atoms with Gasteiger partial charge < -0.3 is 5.11 Å². The van der Waals surface area contributed by atoms with E-state index in [1.54, 1.807) is 0 Å². The summed E-state index contributed by atoms with van der Waals surface area (Å²) in [7, 11) is -3.74. The number of aliphatic hydroxyl groups excluding tert-OH is 1. The zero-order chi connectivity index (χ0) is 12.2. The van der Waals surface area contributed by atoms with E-state index >= 15 is 0 Å². The summed E-state index contributed by atoms with van der Waals surface area (Å²) >= 11 is 0. The Hall–Kier alpha value is -0.990. The number of carbonyl (C=O) groups excluding carboxylic acids is 2. The van der Waals surface area contributed by atoms with E-state index in [-0.39, 0.29) is 6.42 Å². The molecule has 1 rings (SSSR count). The number of imide groups is 1. The van der Waals surface area contributed by atoms with Crippen molar-refractivity contribution in [2.45, 2.75) is 31.6 Å². The Morgan fingerprint density at radius 3 is 1.87 bits per heavy atom. The van der Waals surface area contributed by atoms with Gasteiger partial charge in [0.1, 0.15) is 6.10 Å². The molecular weight excluding hydrogens is 226 g/mol. The third-order valence-corrected chi connectivity index (χ3v) is 2.73. The van der Waals surface area contributed by atoms with Gasteiger partial charge in [-0.05, 0) is 13.8 Å². The Morgan fingerprint density at radius 2 is 1.80 bits per heavy atom. The third kappa shape index (κ3) is 5.45. The number of hydrogen-bond donors (Lipinski definition) is 3. The van der Waals surface area contributed by atoms with Crippen LogP contribution in [0.15, 0.2) is 0 Å². The summed E-state index contributed by atoms with van der Waals surface area (Å²) in [5.74, 6) is -0.988. The SMILES string of the molecule is CC(C)S(=O)(=O)O.O=C1CC(O)C(=O)N1. The van der Waals surface area contributed by atoms with Gasteiger partial charge in [0, 0.05) is 0 Å². The van der Waals surface area contributed by atoms with Crippen LogP contribution in [0.1, 0.15) is 20.3 Å². The van der Waals surface area contributed by atoms with E-state index in [0.29, 0.717) is 0 Å². The zero-order valence-electron chi connectivity index (χ0n) is 8.30. The summed E-state index contributed by atoms with van der Waals surface area (Å²) in [6.45, 7) is 2.82. The topological polar surface area (TPSA) is 121 Å².